The molecule has 0 radical (unpaired) electrons. The molecule has 5 nitrogen and oxygen atoms in total. The summed E-state index contributed by atoms with van der Waals surface area (Å²) in [5.74, 6) is -0.975. The molecule has 0 aromatic carbocycles. The Morgan fingerprint density at radius 1 is 1.31 bits per heavy atom. The number of rotatable bonds is 1. The lowest BCUT2D eigenvalue weighted by Gasteiger charge is -1.94. The average Bonchev–Trinajstić information content (AvgIpc) is 2.63. The number of carboxylic acids is 1. The summed E-state index contributed by atoms with van der Waals surface area (Å²) in [5.41, 5.74) is 2.02. The minimum absolute atomic E-state index is 0.220. The molecule has 0 saturated carbocycles. The molecule has 5 heteroatoms. The number of fused-ring (bicyclic) bond motifs is 3. The molecule has 3 heterocycles. The van der Waals surface area contributed by atoms with Gasteiger partial charge in [0.15, 0.2) is 0 Å². The standard InChI is InChI=1S/C11H7N3O2/c15-11(16)9-7-3-1-2-4-14(7)8-5-12-6-13-10(8)9/h1-6H,(H,15,16). The summed E-state index contributed by atoms with van der Waals surface area (Å²) < 4.78 is 1.78. The van der Waals surface area contributed by atoms with Gasteiger partial charge < -0.3 is 9.51 Å². The van der Waals surface area contributed by atoms with Gasteiger partial charge >= 0.3 is 5.97 Å². The minimum atomic E-state index is -0.975. The molecule has 1 N–H and O–H groups in total. The van der Waals surface area contributed by atoms with E-state index in [2.05, 4.69) is 9.97 Å². The third-order valence-corrected chi connectivity index (χ3v) is 2.52. The normalized spacial score (nSPS) is 11.0. The van der Waals surface area contributed by atoms with E-state index in [1.54, 1.807) is 28.9 Å². The maximum atomic E-state index is 11.2. The molecule has 0 amide bonds. The highest BCUT2D eigenvalue weighted by molar-refractivity contribution is 6.09. The van der Waals surface area contributed by atoms with Gasteiger partial charge in [-0.15, -0.1) is 0 Å². The Hall–Kier alpha value is -2.43. The van der Waals surface area contributed by atoms with E-state index >= 15 is 0 Å². The molecule has 0 aliphatic heterocycles. The fourth-order valence-electron chi connectivity index (χ4n) is 1.88. The van der Waals surface area contributed by atoms with Crippen molar-refractivity contribution in [1.82, 2.24) is 14.4 Å². The van der Waals surface area contributed by atoms with Gasteiger partial charge in [0.2, 0.25) is 0 Å². The zero-order valence-corrected chi connectivity index (χ0v) is 8.16. The van der Waals surface area contributed by atoms with Gasteiger partial charge in [0.1, 0.15) is 17.4 Å². The molecule has 78 valence electrons. The summed E-state index contributed by atoms with van der Waals surface area (Å²) >= 11 is 0. The Morgan fingerprint density at radius 3 is 3.00 bits per heavy atom. The summed E-state index contributed by atoms with van der Waals surface area (Å²) in [6.45, 7) is 0. The summed E-state index contributed by atoms with van der Waals surface area (Å²) in [4.78, 5) is 19.2. The van der Waals surface area contributed by atoms with Crippen LogP contribution in [0, 0.1) is 0 Å². The second kappa shape index (κ2) is 3.03. The highest BCUT2D eigenvalue weighted by Gasteiger charge is 2.17. The van der Waals surface area contributed by atoms with Crippen LogP contribution in [0.1, 0.15) is 10.4 Å². The summed E-state index contributed by atoms with van der Waals surface area (Å²) in [6.07, 6.45) is 4.77. The van der Waals surface area contributed by atoms with Crippen LogP contribution in [0.4, 0.5) is 0 Å². The van der Waals surface area contributed by atoms with Crippen LogP contribution in [0.3, 0.4) is 0 Å². The van der Waals surface area contributed by atoms with Gasteiger partial charge in [0, 0.05) is 6.20 Å². The van der Waals surface area contributed by atoms with Crippen molar-refractivity contribution < 1.29 is 9.90 Å². The van der Waals surface area contributed by atoms with Crippen LogP contribution in [0.15, 0.2) is 36.9 Å². The molecule has 0 aliphatic carbocycles. The number of aromatic carboxylic acids is 1. The molecular weight excluding hydrogens is 206 g/mol. The van der Waals surface area contributed by atoms with Crippen molar-refractivity contribution in [3.63, 3.8) is 0 Å². The maximum Gasteiger partial charge on any atom is 0.340 e. The van der Waals surface area contributed by atoms with Crippen molar-refractivity contribution in [3.05, 3.63) is 42.5 Å². The fourth-order valence-corrected chi connectivity index (χ4v) is 1.88. The Balaban J connectivity index is 2.64. The molecule has 0 unspecified atom stereocenters. The lowest BCUT2D eigenvalue weighted by Crippen LogP contribution is -1.96. The third-order valence-electron chi connectivity index (χ3n) is 2.52. The SMILES string of the molecule is O=C(O)c1c2ncncc2n2ccccc12. The largest absolute Gasteiger partial charge is 0.478 e. The minimum Gasteiger partial charge on any atom is -0.478 e. The molecule has 3 aromatic rings. The summed E-state index contributed by atoms with van der Waals surface area (Å²) in [7, 11) is 0. The second-order valence-corrected chi connectivity index (χ2v) is 3.39. The van der Waals surface area contributed by atoms with Crippen LogP contribution < -0.4 is 0 Å². The predicted molar refractivity (Wildman–Crippen MR) is 57.5 cm³/mol. The number of carbonyl (C=O) groups is 1. The van der Waals surface area contributed by atoms with E-state index in [1.807, 2.05) is 6.07 Å². The van der Waals surface area contributed by atoms with Crippen LogP contribution in [-0.2, 0) is 0 Å². The fraction of sp³-hybridized carbons (Fsp3) is 0. The molecule has 0 saturated heterocycles. The first-order valence-electron chi connectivity index (χ1n) is 4.71. The number of hydrogen-bond acceptors (Lipinski definition) is 3. The number of carboxylic acid groups (broad SMARTS) is 1. The first-order valence-corrected chi connectivity index (χ1v) is 4.71. The highest BCUT2D eigenvalue weighted by atomic mass is 16.4. The molecule has 0 spiro atoms. The molecule has 0 atom stereocenters. The van der Waals surface area contributed by atoms with Gasteiger partial charge in [-0.05, 0) is 12.1 Å². The van der Waals surface area contributed by atoms with Crippen molar-refractivity contribution in [3.8, 4) is 0 Å². The van der Waals surface area contributed by atoms with E-state index < -0.39 is 5.97 Å². The first-order chi connectivity index (χ1) is 7.79. The van der Waals surface area contributed by atoms with Crippen molar-refractivity contribution in [2.75, 3.05) is 0 Å². The van der Waals surface area contributed by atoms with Crippen molar-refractivity contribution in [2.45, 2.75) is 0 Å². The Labute approximate surface area is 90.0 Å². The van der Waals surface area contributed by atoms with Gasteiger partial charge in [0.05, 0.1) is 17.2 Å². The Kier molecular flexibility index (Phi) is 1.67. The topological polar surface area (TPSA) is 67.5 Å². The maximum absolute atomic E-state index is 11.2. The number of pyridine rings is 1. The molecule has 3 aromatic heterocycles. The van der Waals surface area contributed by atoms with E-state index in [1.165, 1.54) is 6.33 Å². The van der Waals surface area contributed by atoms with Gasteiger partial charge in [-0.2, -0.15) is 0 Å². The van der Waals surface area contributed by atoms with Gasteiger partial charge in [-0.3, -0.25) is 0 Å². The average molecular weight is 213 g/mol. The van der Waals surface area contributed by atoms with Crippen LogP contribution in [0.5, 0.6) is 0 Å². The Morgan fingerprint density at radius 2 is 2.19 bits per heavy atom. The van der Waals surface area contributed by atoms with Crippen molar-refractivity contribution in [1.29, 1.82) is 0 Å². The van der Waals surface area contributed by atoms with Crippen LogP contribution in [0.25, 0.3) is 16.6 Å². The van der Waals surface area contributed by atoms with E-state index in [0.29, 0.717) is 16.6 Å². The quantitative estimate of drug-likeness (QED) is 0.666. The lowest BCUT2D eigenvalue weighted by atomic mass is 10.2. The van der Waals surface area contributed by atoms with E-state index in [0.717, 1.165) is 0 Å². The zero-order chi connectivity index (χ0) is 11.1. The molecule has 0 aliphatic rings. The Bertz CT molecular complexity index is 649. The van der Waals surface area contributed by atoms with Crippen molar-refractivity contribution in [2.24, 2.45) is 0 Å². The van der Waals surface area contributed by atoms with Crippen LogP contribution >= 0.6 is 0 Å². The van der Waals surface area contributed by atoms with E-state index in [-0.39, 0.29) is 5.56 Å². The smallest absolute Gasteiger partial charge is 0.340 e. The summed E-state index contributed by atoms with van der Waals surface area (Å²) in [6, 6.07) is 5.39. The van der Waals surface area contributed by atoms with E-state index in [9.17, 15) is 9.90 Å². The molecular formula is C11H7N3O2. The van der Waals surface area contributed by atoms with Crippen molar-refractivity contribution >= 4 is 22.5 Å². The number of hydrogen-bond donors (Lipinski definition) is 1. The lowest BCUT2D eigenvalue weighted by molar-refractivity contribution is 0.0701. The number of aromatic nitrogens is 3. The predicted octanol–water partition coefficient (Wildman–Crippen LogP) is 1.58. The molecule has 3 rings (SSSR count). The molecule has 0 fully saturated rings. The van der Waals surface area contributed by atoms with Gasteiger partial charge in [-0.1, -0.05) is 6.07 Å². The second-order valence-electron chi connectivity index (χ2n) is 3.39. The number of nitrogens with zero attached hydrogens (tertiary/aromatic N) is 3. The van der Waals surface area contributed by atoms with Gasteiger partial charge in [0.25, 0.3) is 0 Å². The van der Waals surface area contributed by atoms with Crippen LogP contribution in [0.2, 0.25) is 0 Å². The van der Waals surface area contributed by atoms with E-state index in [4.69, 9.17) is 0 Å². The first kappa shape index (κ1) is 8.84. The molecule has 0 bridgehead atoms. The van der Waals surface area contributed by atoms with Gasteiger partial charge in [-0.25, -0.2) is 14.8 Å². The molecule has 16 heavy (non-hydrogen) atoms. The third kappa shape index (κ3) is 1.02. The zero-order valence-electron chi connectivity index (χ0n) is 8.16. The van der Waals surface area contributed by atoms with Crippen LogP contribution in [-0.4, -0.2) is 25.4 Å². The highest BCUT2D eigenvalue weighted by Crippen LogP contribution is 2.23. The monoisotopic (exact) mass is 213 g/mol. The summed E-state index contributed by atoms with van der Waals surface area (Å²) in [5, 5.41) is 9.20.